The molecule has 1 aromatic carbocycles. The molecule has 0 aromatic heterocycles. The van der Waals surface area contributed by atoms with Crippen LogP contribution >= 0.6 is 0 Å². The van der Waals surface area contributed by atoms with Gasteiger partial charge in [-0.2, -0.15) is 0 Å². The van der Waals surface area contributed by atoms with Crippen LogP contribution in [0.4, 0.5) is 5.69 Å². The molecule has 0 unspecified atom stereocenters. The number of nitrogen functional groups attached to an aromatic ring is 1. The molecule has 0 aliphatic rings. The fourth-order valence-corrected chi connectivity index (χ4v) is 1.58. The summed E-state index contributed by atoms with van der Waals surface area (Å²) in [5.41, 5.74) is 9.85. The van der Waals surface area contributed by atoms with E-state index in [2.05, 4.69) is 0 Å². The molecular formula is C11H15NO2. The maximum atomic E-state index is 10.9. The molecule has 0 bridgehead atoms. The van der Waals surface area contributed by atoms with Gasteiger partial charge in [-0.3, -0.25) is 4.79 Å². The number of aldehydes is 1. The van der Waals surface area contributed by atoms with E-state index in [9.17, 15) is 4.79 Å². The first-order valence-electron chi connectivity index (χ1n) is 4.43. The number of ether oxygens (including phenoxy) is 1. The molecule has 2 N–H and O–H groups in total. The molecule has 1 rings (SSSR count). The number of nitrogens with two attached hydrogens (primary N) is 1. The first kappa shape index (κ1) is 10.6. The number of carbonyl (C=O) groups is 1. The third kappa shape index (κ3) is 1.35. The lowest BCUT2D eigenvalue weighted by Crippen LogP contribution is -2.04. The fraction of sp³-hybridized carbons (Fsp3) is 0.364. The molecule has 0 amide bonds. The molecule has 3 heteroatoms. The summed E-state index contributed by atoms with van der Waals surface area (Å²) >= 11 is 0. The van der Waals surface area contributed by atoms with Crippen molar-refractivity contribution in [3.05, 3.63) is 22.3 Å². The summed E-state index contributed by atoms with van der Waals surface area (Å²) in [5.74, 6) is 0.584. The average Bonchev–Trinajstić information content (AvgIpc) is 2.20. The van der Waals surface area contributed by atoms with E-state index in [0.29, 0.717) is 17.0 Å². The standard InChI is InChI=1S/C11H15NO2/c1-6-7(2)10(12)8(3)11(14-4)9(6)5-13/h5H,12H2,1-4H3. The van der Waals surface area contributed by atoms with Gasteiger partial charge in [-0.05, 0) is 31.9 Å². The van der Waals surface area contributed by atoms with Crippen molar-refractivity contribution in [1.82, 2.24) is 0 Å². The van der Waals surface area contributed by atoms with Crippen LogP contribution < -0.4 is 10.5 Å². The SMILES string of the molecule is COc1c(C)c(N)c(C)c(C)c1C=O. The predicted octanol–water partition coefficient (Wildman–Crippen LogP) is 2.02. The molecular weight excluding hydrogens is 178 g/mol. The smallest absolute Gasteiger partial charge is 0.154 e. The second-order valence-corrected chi connectivity index (χ2v) is 3.35. The number of carbonyl (C=O) groups excluding carboxylic acids is 1. The van der Waals surface area contributed by atoms with Crippen molar-refractivity contribution in [3.63, 3.8) is 0 Å². The normalized spacial score (nSPS) is 10.0. The Labute approximate surface area is 83.9 Å². The van der Waals surface area contributed by atoms with Gasteiger partial charge in [0.1, 0.15) is 5.75 Å². The van der Waals surface area contributed by atoms with Gasteiger partial charge in [0, 0.05) is 11.3 Å². The van der Waals surface area contributed by atoms with Crippen molar-refractivity contribution < 1.29 is 9.53 Å². The van der Waals surface area contributed by atoms with Crippen molar-refractivity contribution >= 4 is 12.0 Å². The Morgan fingerprint density at radius 1 is 1.14 bits per heavy atom. The highest BCUT2D eigenvalue weighted by Crippen LogP contribution is 2.33. The van der Waals surface area contributed by atoms with Gasteiger partial charge < -0.3 is 10.5 Å². The summed E-state index contributed by atoms with van der Waals surface area (Å²) in [5, 5.41) is 0. The number of benzene rings is 1. The zero-order valence-electron chi connectivity index (χ0n) is 8.97. The highest BCUT2D eigenvalue weighted by molar-refractivity contribution is 5.86. The molecule has 0 fully saturated rings. The van der Waals surface area contributed by atoms with Crippen LogP contribution in [0.5, 0.6) is 5.75 Å². The Balaban J connectivity index is 3.65. The fourth-order valence-electron chi connectivity index (χ4n) is 1.58. The van der Waals surface area contributed by atoms with E-state index in [1.54, 1.807) is 7.11 Å². The average molecular weight is 193 g/mol. The maximum Gasteiger partial charge on any atom is 0.154 e. The van der Waals surface area contributed by atoms with Crippen LogP contribution in [0.3, 0.4) is 0 Å². The third-order valence-electron chi connectivity index (χ3n) is 2.68. The van der Waals surface area contributed by atoms with Gasteiger partial charge in [-0.25, -0.2) is 0 Å². The van der Waals surface area contributed by atoms with Crippen molar-refractivity contribution in [1.29, 1.82) is 0 Å². The molecule has 1 aromatic rings. The van der Waals surface area contributed by atoms with E-state index in [4.69, 9.17) is 10.5 Å². The van der Waals surface area contributed by atoms with Crippen molar-refractivity contribution in [2.75, 3.05) is 12.8 Å². The van der Waals surface area contributed by atoms with E-state index in [1.807, 2.05) is 20.8 Å². The van der Waals surface area contributed by atoms with E-state index < -0.39 is 0 Å². The summed E-state index contributed by atoms with van der Waals surface area (Å²) < 4.78 is 5.17. The maximum absolute atomic E-state index is 10.9. The summed E-state index contributed by atoms with van der Waals surface area (Å²) in [6, 6.07) is 0. The van der Waals surface area contributed by atoms with Crippen molar-refractivity contribution in [2.45, 2.75) is 20.8 Å². The van der Waals surface area contributed by atoms with Crippen molar-refractivity contribution in [3.8, 4) is 5.75 Å². The molecule has 76 valence electrons. The number of hydrogen-bond donors (Lipinski definition) is 1. The Morgan fingerprint density at radius 2 is 1.71 bits per heavy atom. The predicted molar refractivity (Wildman–Crippen MR) is 57.0 cm³/mol. The molecule has 0 heterocycles. The number of rotatable bonds is 2. The third-order valence-corrected chi connectivity index (χ3v) is 2.68. The van der Waals surface area contributed by atoms with Crippen molar-refractivity contribution in [2.24, 2.45) is 0 Å². The molecule has 0 atom stereocenters. The minimum Gasteiger partial charge on any atom is -0.496 e. The van der Waals surface area contributed by atoms with Crippen LogP contribution in [-0.4, -0.2) is 13.4 Å². The van der Waals surface area contributed by atoms with E-state index >= 15 is 0 Å². The first-order valence-corrected chi connectivity index (χ1v) is 4.43. The molecule has 0 radical (unpaired) electrons. The van der Waals surface area contributed by atoms with E-state index in [1.165, 1.54) is 0 Å². The van der Waals surface area contributed by atoms with Gasteiger partial charge in [-0.1, -0.05) is 0 Å². The number of hydrogen-bond acceptors (Lipinski definition) is 3. The topological polar surface area (TPSA) is 52.3 Å². The van der Waals surface area contributed by atoms with Crippen LogP contribution in [0.15, 0.2) is 0 Å². The first-order chi connectivity index (χ1) is 6.54. The highest BCUT2D eigenvalue weighted by Gasteiger charge is 2.15. The summed E-state index contributed by atoms with van der Waals surface area (Å²) in [4.78, 5) is 10.9. The summed E-state index contributed by atoms with van der Waals surface area (Å²) in [6.07, 6.45) is 0.813. The lowest BCUT2D eigenvalue weighted by molar-refractivity contribution is 0.112. The highest BCUT2D eigenvalue weighted by atomic mass is 16.5. The van der Waals surface area contributed by atoms with E-state index in [0.717, 1.165) is 23.0 Å². The van der Waals surface area contributed by atoms with Crippen LogP contribution in [0.25, 0.3) is 0 Å². The van der Waals surface area contributed by atoms with Crippen LogP contribution in [0, 0.1) is 20.8 Å². The molecule has 0 saturated heterocycles. The minimum atomic E-state index is 0.584. The quantitative estimate of drug-likeness (QED) is 0.577. The zero-order valence-corrected chi connectivity index (χ0v) is 8.97. The second kappa shape index (κ2) is 3.70. The van der Waals surface area contributed by atoms with E-state index in [-0.39, 0.29) is 0 Å². The van der Waals surface area contributed by atoms with Gasteiger partial charge in [0.15, 0.2) is 6.29 Å². The van der Waals surface area contributed by atoms with Gasteiger partial charge in [0.05, 0.1) is 12.7 Å². The molecule has 3 nitrogen and oxygen atoms in total. The van der Waals surface area contributed by atoms with Crippen LogP contribution in [-0.2, 0) is 0 Å². The van der Waals surface area contributed by atoms with Gasteiger partial charge >= 0.3 is 0 Å². The second-order valence-electron chi connectivity index (χ2n) is 3.35. The Hall–Kier alpha value is -1.51. The summed E-state index contributed by atoms with van der Waals surface area (Å²) in [7, 11) is 1.55. The van der Waals surface area contributed by atoms with Gasteiger partial charge in [0.25, 0.3) is 0 Å². The monoisotopic (exact) mass is 193 g/mol. The Bertz CT molecular complexity index is 384. The lowest BCUT2D eigenvalue weighted by atomic mass is 9.97. The van der Waals surface area contributed by atoms with Gasteiger partial charge in [-0.15, -0.1) is 0 Å². The van der Waals surface area contributed by atoms with Crippen LogP contribution in [0.1, 0.15) is 27.0 Å². The molecule has 0 saturated carbocycles. The molecule has 0 spiro atoms. The number of methoxy groups -OCH3 is 1. The number of anilines is 1. The zero-order chi connectivity index (χ0) is 10.9. The molecule has 0 aliphatic heterocycles. The molecule has 14 heavy (non-hydrogen) atoms. The largest absolute Gasteiger partial charge is 0.496 e. The minimum absolute atomic E-state index is 0.584. The molecule has 0 aliphatic carbocycles. The Kier molecular flexibility index (Phi) is 2.79. The van der Waals surface area contributed by atoms with Gasteiger partial charge in [0.2, 0.25) is 0 Å². The Morgan fingerprint density at radius 3 is 2.14 bits per heavy atom. The lowest BCUT2D eigenvalue weighted by Gasteiger charge is -2.15. The summed E-state index contributed by atoms with van der Waals surface area (Å²) in [6.45, 7) is 5.63. The van der Waals surface area contributed by atoms with Crippen LogP contribution in [0.2, 0.25) is 0 Å².